The van der Waals surface area contributed by atoms with Crippen LogP contribution in [-0.2, 0) is 13.0 Å². The van der Waals surface area contributed by atoms with Crippen molar-refractivity contribution in [3.63, 3.8) is 0 Å². The first-order chi connectivity index (χ1) is 10.1. The maximum Gasteiger partial charge on any atom is 0.160 e. The zero-order valence-corrected chi connectivity index (χ0v) is 13.7. The molecule has 0 fully saturated rings. The summed E-state index contributed by atoms with van der Waals surface area (Å²) in [5.74, 6) is 0.636. The van der Waals surface area contributed by atoms with E-state index in [4.69, 9.17) is 4.98 Å². The van der Waals surface area contributed by atoms with Crippen molar-refractivity contribution in [3.05, 3.63) is 45.4 Å². The molecule has 21 heavy (non-hydrogen) atoms. The van der Waals surface area contributed by atoms with E-state index in [1.165, 1.54) is 17.7 Å². The van der Waals surface area contributed by atoms with Gasteiger partial charge in [0.05, 0.1) is 11.4 Å². The lowest BCUT2D eigenvalue weighted by molar-refractivity contribution is 0.608. The summed E-state index contributed by atoms with van der Waals surface area (Å²) in [6, 6.07) is 4.60. The van der Waals surface area contributed by atoms with E-state index < -0.39 is 0 Å². The first kappa shape index (κ1) is 14.6. The van der Waals surface area contributed by atoms with Crippen molar-refractivity contribution in [1.29, 1.82) is 0 Å². The third-order valence-electron chi connectivity index (χ3n) is 3.69. The van der Waals surface area contributed by atoms with Gasteiger partial charge in [-0.2, -0.15) is 0 Å². The number of halogens is 2. The Morgan fingerprint density at radius 2 is 2.10 bits per heavy atom. The maximum atomic E-state index is 13.5. The molecule has 3 nitrogen and oxygen atoms in total. The molecule has 5 heteroatoms. The fourth-order valence-electron chi connectivity index (χ4n) is 2.66. The number of hydrogen-bond donors (Lipinski definition) is 1. The summed E-state index contributed by atoms with van der Waals surface area (Å²) in [4.78, 5) is 9.38. The average Bonchev–Trinajstić information content (AvgIpc) is 2.48. The fourth-order valence-corrected chi connectivity index (χ4v) is 3.08. The number of rotatable bonds is 2. The summed E-state index contributed by atoms with van der Waals surface area (Å²) < 4.78 is 14.3. The highest BCUT2D eigenvalue weighted by atomic mass is 79.9. The first-order valence-electron chi connectivity index (χ1n) is 7.12. The topological polar surface area (TPSA) is 37.8 Å². The molecule has 0 saturated carbocycles. The number of fused-ring (bicyclic) bond motifs is 1. The Labute approximate surface area is 132 Å². The van der Waals surface area contributed by atoms with Crippen LogP contribution in [0.3, 0.4) is 0 Å². The molecule has 0 bridgehead atoms. The maximum absolute atomic E-state index is 13.5. The second-order valence-electron chi connectivity index (χ2n) is 5.56. The highest BCUT2D eigenvalue weighted by Gasteiger charge is 2.20. The molecule has 0 spiro atoms. The summed E-state index contributed by atoms with van der Waals surface area (Å²) in [6.45, 7) is 5.97. The molecule has 3 rings (SSSR count). The Hall–Kier alpha value is -1.33. The van der Waals surface area contributed by atoms with Crippen LogP contribution in [0.1, 0.15) is 36.7 Å². The quantitative estimate of drug-likeness (QED) is 0.895. The second-order valence-corrected chi connectivity index (χ2v) is 6.42. The van der Waals surface area contributed by atoms with E-state index in [0.29, 0.717) is 17.3 Å². The minimum Gasteiger partial charge on any atom is -0.311 e. The molecule has 1 aromatic heterocycles. The lowest BCUT2D eigenvalue weighted by atomic mass is 9.97. The van der Waals surface area contributed by atoms with Gasteiger partial charge in [0.15, 0.2) is 5.82 Å². The molecule has 0 saturated heterocycles. The summed E-state index contributed by atoms with van der Waals surface area (Å²) in [5.41, 5.74) is 4.06. The predicted molar refractivity (Wildman–Crippen MR) is 84.6 cm³/mol. The van der Waals surface area contributed by atoms with Crippen molar-refractivity contribution in [3.8, 4) is 11.4 Å². The van der Waals surface area contributed by atoms with E-state index in [9.17, 15) is 4.39 Å². The van der Waals surface area contributed by atoms with Crippen molar-refractivity contribution >= 4 is 15.9 Å². The van der Waals surface area contributed by atoms with Gasteiger partial charge in [-0.25, -0.2) is 14.4 Å². The van der Waals surface area contributed by atoms with Gasteiger partial charge in [-0.3, -0.25) is 0 Å². The molecule has 2 heterocycles. The number of nitrogens with one attached hydrogen (secondary N) is 1. The van der Waals surface area contributed by atoms with E-state index in [1.54, 1.807) is 6.07 Å². The van der Waals surface area contributed by atoms with Crippen LogP contribution in [0.25, 0.3) is 11.4 Å². The van der Waals surface area contributed by atoms with Gasteiger partial charge in [0.25, 0.3) is 0 Å². The Balaban J connectivity index is 2.19. The molecule has 0 aliphatic carbocycles. The summed E-state index contributed by atoms with van der Waals surface area (Å²) in [5, 5.41) is 3.34. The van der Waals surface area contributed by atoms with Crippen LogP contribution < -0.4 is 5.32 Å². The van der Waals surface area contributed by atoms with Crippen molar-refractivity contribution in [2.24, 2.45) is 0 Å². The van der Waals surface area contributed by atoms with Crippen LogP contribution in [0.4, 0.5) is 4.39 Å². The van der Waals surface area contributed by atoms with E-state index in [1.807, 2.05) is 0 Å². The molecule has 0 radical (unpaired) electrons. The van der Waals surface area contributed by atoms with Crippen molar-refractivity contribution in [2.75, 3.05) is 6.54 Å². The van der Waals surface area contributed by atoms with Gasteiger partial charge in [-0.15, -0.1) is 0 Å². The molecule has 1 aliphatic rings. The third kappa shape index (κ3) is 2.85. The largest absolute Gasteiger partial charge is 0.311 e. The smallest absolute Gasteiger partial charge is 0.160 e. The normalized spacial score (nSPS) is 14.3. The summed E-state index contributed by atoms with van der Waals surface area (Å²) in [6.07, 6.45) is 0.952. The monoisotopic (exact) mass is 349 g/mol. The molecule has 0 atom stereocenters. The SMILES string of the molecule is CC(C)c1nc(-c2cc(F)ccc2Br)nc2c1CCNC2. The zero-order valence-electron chi connectivity index (χ0n) is 12.1. The van der Waals surface area contributed by atoms with E-state index in [0.717, 1.165) is 35.4 Å². The van der Waals surface area contributed by atoms with Gasteiger partial charge in [-0.05, 0) is 42.6 Å². The molecule has 0 amide bonds. The lowest BCUT2D eigenvalue weighted by Crippen LogP contribution is -2.27. The van der Waals surface area contributed by atoms with Gasteiger partial charge >= 0.3 is 0 Å². The highest BCUT2D eigenvalue weighted by Crippen LogP contribution is 2.30. The first-order valence-corrected chi connectivity index (χ1v) is 7.91. The molecule has 1 aromatic carbocycles. The highest BCUT2D eigenvalue weighted by molar-refractivity contribution is 9.10. The van der Waals surface area contributed by atoms with Gasteiger partial charge in [0.1, 0.15) is 5.82 Å². The zero-order chi connectivity index (χ0) is 15.0. The van der Waals surface area contributed by atoms with Gasteiger partial charge in [0, 0.05) is 16.6 Å². The van der Waals surface area contributed by atoms with Gasteiger partial charge < -0.3 is 5.32 Å². The molecule has 1 aliphatic heterocycles. The second kappa shape index (κ2) is 5.81. The van der Waals surface area contributed by atoms with Crippen LogP contribution in [0.2, 0.25) is 0 Å². The Kier molecular flexibility index (Phi) is 4.04. The van der Waals surface area contributed by atoms with Crippen LogP contribution >= 0.6 is 15.9 Å². The lowest BCUT2D eigenvalue weighted by Gasteiger charge is -2.22. The van der Waals surface area contributed by atoms with Crippen LogP contribution in [0.15, 0.2) is 22.7 Å². The Morgan fingerprint density at radius 1 is 1.29 bits per heavy atom. The minimum atomic E-state index is -0.279. The van der Waals surface area contributed by atoms with Crippen LogP contribution in [0.5, 0.6) is 0 Å². The van der Waals surface area contributed by atoms with E-state index in [-0.39, 0.29) is 5.82 Å². The number of nitrogens with zero attached hydrogens (tertiary/aromatic N) is 2. The van der Waals surface area contributed by atoms with E-state index >= 15 is 0 Å². The number of hydrogen-bond acceptors (Lipinski definition) is 3. The van der Waals surface area contributed by atoms with Crippen LogP contribution in [0, 0.1) is 5.82 Å². The molecule has 2 aromatic rings. The molecule has 1 N–H and O–H groups in total. The fraction of sp³-hybridized carbons (Fsp3) is 0.375. The average molecular weight is 350 g/mol. The van der Waals surface area contributed by atoms with Crippen molar-refractivity contribution < 1.29 is 4.39 Å². The van der Waals surface area contributed by atoms with Crippen molar-refractivity contribution in [2.45, 2.75) is 32.7 Å². The molecule has 110 valence electrons. The molecule has 0 unspecified atom stereocenters. The number of aromatic nitrogens is 2. The standard InChI is InChI=1S/C16H17BrFN3/c1-9(2)15-11-5-6-19-8-14(11)20-16(21-15)12-7-10(18)3-4-13(12)17/h3-4,7,9,19H,5-6,8H2,1-2H3. The molecular formula is C16H17BrFN3. The Morgan fingerprint density at radius 3 is 2.86 bits per heavy atom. The predicted octanol–water partition coefficient (Wildman–Crippen LogP) is 3.81. The molecular weight excluding hydrogens is 333 g/mol. The Bertz CT molecular complexity index is 685. The van der Waals surface area contributed by atoms with E-state index in [2.05, 4.69) is 40.1 Å². The minimum absolute atomic E-state index is 0.279. The van der Waals surface area contributed by atoms with Gasteiger partial charge in [0.2, 0.25) is 0 Å². The third-order valence-corrected chi connectivity index (χ3v) is 4.38. The van der Waals surface area contributed by atoms with Crippen molar-refractivity contribution in [1.82, 2.24) is 15.3 Å². The summed E-state index contributed by atoms with van der Waals surface area (Å²) >= 11 is 3.46. The van der Waals surface area contributed by atoms with Crippen LogP contribution in [-0.4, -0.2) is 16.5 Å². The summed E-state index contributed by atoms with van der Waals surface area (Å²) in [7, 11) is 0. The number of benzene rings is 1. The van der Waals surface area contributed by atoms with Gasteiger partial charge in [-0.1, -0.05) is 29.8 Å².